The molecule has 2 N–H and O–H groups in total. The summed E-state index contributed by atoms with van der Waals surface area (Å²) in [5.74, 6) is 0.183. The first kappa shape index (κ1) is 25.8. The summed E-state index contributed by atoms with van der Waals surface area (Å²) in [7, 11) is 0. The van der Waals surface area contributed by atoms with Crippen LogP contribution in [0.25, 0.3) is 0 Å². The van der Waals surface area contributed by atoms with E-state index in [2.05, 4.69) is 24.9 Å². The van der Waals surface area contributed by atoms with Gasteiger partial charge in [0, 0.05) is 75.2 Å². The van der Waals surface area contributed by atoms with Crippen LogP contribution in [0, 0.1) is 5.82 Å². The smallest absolute Gasteiger partial charge is 0.410 e. The van der Waals surface area contributed by atoms with E-state index < -0.39 is 5.60 Å². The monoisotopic (exact) mass is 531 g/mol. The molecule has 0 spiro atoms. The summed E-state index contributed by atoms with van der Waals surface area (Å²) in [5, 5.41) is 8.13. The van der Waals surface area contributed by atoms with Crippen molar-refractivity contribution in [2.45, 2.75) is 57.8 Å². The number of nitrogens with zero attached hydrogens (tertiary/aromatic N) is 6. The van der Waals surface area contributed by atoms with E-state index in [0.717, 1.165) is 37.3 Å². The van der Waals surface area contributed by atoms with E-state index in [9.17, 15) is 9.18 Å². The van der Waals surface area contributed by atoms with Crippen LogP contribution in [-0.4, -0.2) is 83.0 Å². The van der Waals surface area contributed by atoms with Gasteiger partial charge >= 0.3 is 6.09 Å². The Hall–Kier alpha value is -2.85. The minimum absolute atomic E-state index is 0.199. The molecule has 2 aromatic rings. The Kier molecular flexibility index (Phi) is 7.06. The Labute approximate surface area is 222 Å². The lowest BCUT2D eigenvalue weighted by Gasteiger charge is -2.43. The van der Waals surface area contributed by atoms with Gasteiger partial charge < -0.3 is 25.2 Å². The summed E-state index contributed by atoms with van der Waals surface area (Å²) < 4.78 is 20.4. The SMILES string of the molecule is CC(C)(C)OC(=O)N1CCN(Cc2cc(N3C4CCC3CN(c3cc(Cl)nnc3N)C4)ccc2F)CC1. The molecule has 200 valence electrons. The van der Waals surface area contributed by atoms with E-state index >= 15 is 0 Å². The fraction of sp³-hybridized carbons (Fsp3) is 0.577. The number of carbonyl (C=O) groups is 1. The van der Waals surface area contributed by atoms with Crippen molar-refractivity contribution in [3.8, 4) is 0 Å². The maximum atomic E-state index is 14.9. The Morgan fingerprint density at radius 1 is 1.11 bits per heavy atom. The number of carbonyl (C=O) groups excluding carboxylic acids is 1. The number of nitrogens with two attached hydrogens (primary N) is 1. The molecule has 3 aliphatic heterocycles. The van der Waals surface area contributed by atoms with Crippen LogP contribution in [0.2, 0.25) is 5.15 Å². The number of nitrogen functional groups attached to an aromatic ring is 1. The fourth-order valence-electron chi connectivity index (χ4n) is 5.64. The second-order valence-corrected chi connectivity index (χ2v) is 11.5. The molecule has 1 amide bonds. The van der Waals surface area contributed by atoms with Crippen LogP contribution in [-0.2, 0) is 11.3 Å². The van der Waals surface area contributed by atoms with E-state index in [1.165, 1.54) is 0 Å². The van der Waals surface area contributed by atoms with Crippen molar-refractivity contribution < 1.29 is 13.9 Å². The van der Waals surface area contributed by atoms with Crippen LogP contribution in [0.3, 0.4) is 0 Å². The Morgan fingerprint density at radius 3 is 2.43 bits per heavy atom. The molecule has 0 saturated carbocycles. The number of amides is 1. The number of ether oxygens (including phenoxy) is 1. The summed E-state index contributed by atoms with van der Waals surface area (Å²) in [6.07, 6.45) is 1.83. The second-order valence-electron chi connectivity index (χ2n) is 11.2. The lowest BCUT2D eigenvalue weighted by molar-refractivity contribution is 0.0138. The molecule has 11 heteroatoms. The molecule has 4 heterocycles. The average Bonchev–Trinajstić information content (AvgIpc) is 3.10. The molecule has 1 aromatic carbocycles. The maximum absolute atomic E-state index is 14.9. The van der Waals surface area contributed by atoms with Crippen molar-refractivity contribution in [3.05, 3.63) is 40.8 Å². The first-order valence-corrected chi connectivity index (χ1v) is 13.3. The third kappa shape index (κ3) is 5.70. The van der Waals surface area contributed by atoms with Gasteiger partial charge in [0.05, 0.1) is 5.69 Å². The van der Waals surface area contributed by atoms with Crippen LogP contribution < -0.4 is 15.5 Å². The molecule has 3 saturated heterocycles. The largest absolute Gasteiger partial charge is 0.444 e. The zero-order chi connectivity index (χ0) is 26.3. The highest BCUT2D eigenvalue weighted by Gasteiger charge is 2.41. The highest BCUT2D eigenvalue weighted by atomic mass is 35.5. The van der Waals surface area contributed by atoms with E-state index in [4.69, 9.17) is 22.1 Å². The Balaban J connectivity index is 1.24. The fourth-order valence-corrected chi connectivity index (χ4v) is 5.78. The molecule has 2 atom stereocenters. The van der Waals surface area contributed by atoms with E-state index in [-0.39, 0.29) is 11.9 Å². The van der Waals surface area contributed by atoms with Crippen LogP contribution in [0.5, 0.6) is 0 Å². The number of halogens is 2. The minimum Gasteiger partial charge on any atom is -0.444 e. The third-order valence-corrected chi connectivity index (χ3v) is 7.52. The maximum Gasteiger partial charge on any atom is 0.410 e. The van der Waals surface area contributed by atoms with Crippen molar-refractivity contribution in [2.75, 3.05) is 54.8 Å². The zero-order valence-corrected chi connectivity index (χ0v) is 22.4. The third-order valence-electron chi connectivity index (χ3n) is 7.34. The lowest BCUT2D eigenvalue weighted by atomic mass is 10.1. The number of anilines is 3. The topological polar surface area (TPSA) is 91.1 Å². The summed E-state index contributed by atoms with van der Waals surface area (Å²) in [4.78, 5) is 21.0. The van der Waals surface area contributed by atoms with E-state index in [1.54, 1.807) is 17.0 Å². The van der Waals surface area contributed by atoms with Crippen LogP contribution in [0.15, 0.2) is 24.3 Å². The number of piperazine rings is 2. The Morgan fingerprint density at radius 2 is 1.78 bits per heavy atom. The van der Waals surface area contributed by atoms with Gasteiger partial charge in [0.1, 0.15) is 11.4 Å². The predicted molar refractivity (Wildman–Crippen MR) is 142 cm³/mol. The number of fused-ring (bicyclic) bond motifs is 2. The molecule has 2 unspecified atom stereocenters. The van der Waals surface area contributed by atoms with Gasteiger partial charge in [-0.1, -0.05) is 11.6 Å². The van der Waals surface area contributed by atoms with Gasteiger partial charge in [-0.25, -0.2) is 9.18 Å². The lowest BCUT2D eigenvalue weighted by Crippen LogP contribution is -2.54. The predicted octanol–water partition coefficient (Wildman–Crippen LogP) is 3.76. The summed E-state index contributed by atoms with van der Waals surface area (Å²) in [6, 6.07) is 7.83. The standard InChI is InChI=1S/C26H35ClFN7O2/c1-26(2,3)37-25(36)33-10-8-32(9-11-33)14-17-12-18(6-7-21(17)28)35-19-4-5-20(35)16-34(15-19)22-13-23(27)30-31-24(22)29/h6-7,12-13,19-20H,4-5,8-11,14-16H2,1-3H3,(H2,29,31). The van der Waals surface area contributed by atoms with Crippen molar-refractivity contribution in [3.63, 3.8) is 0 Å². The number of hydrogen-bond donors (Lipinski definition) is 1. The molecule has 1 aromatic heterocycles. The van der Waals surface area contributed by atoms with Gasteiger partial charge in [0.15, 0.2) is 11.0 Å². The van der Waals surface area contributed by atoms with E-state index in [1.807, 2.05) is 32.9 Å². The Bertz CT molecular complexity index is 1140. The highest BCUT2D eigenvalue weighted by Crippen LogP contribution is 2.38. The molecule has 0 aliphatic carbocycles. The first-order chi connectivity index (χ1) is 17.6. The number of aromatic nitrogens is 2. The average molecular weight is 532 g/mol. The zero-order valence-electron chi connectivity index (χ0n) is 21.7. The molecule has 2 bridgehead atoms. The highest BCUT2D eigenvalue weighted by molar-refractivity contribution is 6.29. The van der Waals surface area contributed by atoms with Gasteiger partial charge in [-0.2, -0.15) is 0 Å². The summed E-state index contributed by atoms with van der Waals surface area (Å²) >= 11 is 6.08. The van der Waals surface area contributed by atoms with Gasteiger partial charge in [0.25, 0.3) is 0 Å². The van der Waals surface area contributed by atoms with Crippen molar-refractivity contribution in [1.82, 2.24) is 20.0 Å². The molecular formula is C26H35ClFN7O2. The second kappa shape index (κ2) is 10.1. The van der Waals surface area contributed by atoms with Crippen LogP contribution >= 0.6 is 11.6 Å². The van der Waals surface area contributed by atoms with Gasteiger partial charge in [-0.3, -0.25) is 4.90 Å². The molecule has 3 aliphatic rings. The van der Waals surface area contributed by atoms with Gasteiger partial charge in [-0.15, -0.1) is 10.2 Å². The van der Waals surface area contributed by atoms with Crippen molar-refractivity contribution in [2.24, 2.45) is 0 Å². The molecule has 9 nitrogen and oxygen atoms in total. The molecular weight excluding hydrogens is 497 g/mol. The summed E-state index contributed by atoms with van der Waals surface area (Å²) in [5.41, 5.74) is 8.13. The molecule has 0 radical (unpaired) electrons. The molecule has 5 rings (SSSR count). The van der Waals surface area contributed by atoms with E-state index in [0.29, 0.717) is 61.3 Å². The normalized spacial score (nSPS) is 22.5. The van der Waals surface area contributed by atoms with Gasteiger partial charge in [0.2, 0.25) is 0 Å². The molecule has 37 heavy (non-hydrogen) atoms. The van der Waals surface area contributed by atoms with Crippen LogP contribution in [0.1, 0.15) is 39.2 Å². The molecule has 3 fully saturated rings. The van der Waals surface area contributed by atoms with Crippen molar-refractivity contribution >= 4 is 34.9 Å². The summed E-state index contributed by atoms with van der Waals surface area (Å²) in [6.45, 7) is 10.2. The number of benzene rings is 1. The van der Waals surface area contributed by atoms with Crippen molar-refractivity contribution in [1.29, 1.82) is 0 Å². The minimum atomic E-state index is -0.516. The van der Waals surface area contributed by atoms with Crippen LogP contribution in [0.4, 0.5) is 26.4 Å². The number of rotatable bonds is 4. The van der Waals surface area contributed by atoms with Gasteiger partial charge in [-0.05, 0) is 51.8 Å². The number of hydrogen-bond acceptors (Lipinski definition) is 8. The quantitative estimate of drug-likeness (QED) is 0.637. The first-order valence-electron chi connectivity index (χ1n) is 12.9.